The highest BCUT2D eigenvalue weighted by molar-refractivity contribution is 5.95. The standard InChI is InChI=1S/C22H23FN2O4/c1-15(26)29-20-4-2-3-18(13-20)21(27)24-14-16-9-11-25(12-10-16)22(28)17-5-7-19(23)8-6-17/h2-8,13,16H,9-12,14H2,1H3,(H,24,27). The maximum absolute atomic E-state index is 13.0. The second-order valence-corrected chi connectivity index (χ2v) is 7.07. The molecular weight excluding hydrogens is 375 g/mol. The molecule has 0 aliphatic carbocycles. The Bertz CT molecular complexity index is 890. The average molecular weight is 398 g/mol. The number of piperidine rings is 1. The minimum atomic E-state index is -0.440. The van der Waals surface area contributed by atoms with Gasteiger partial charge in [0.1, 0.15) is 11.6 Å². The third-order valence-electron chi connectivity index (χ3n) is 4.90. The summed E-state index contributed by atoms with van der Waals surface area (Å²) in [5, 5.41) is 2.91. The van der Waals surface area contributed by atoms with Crippen LogP contribution < -0.4 is 10.1 Å². The molecule has 1 fully saturated rings. The lowest BCUT2D eigenvalue weighted by molar-refractivity contribution is -0.131. The fourth-order valence-corrected chi connectivity index (χ4v) is 3.32. The molecule has 0 aromatic heterocycles. The number of halogens is 1. The van der Waals surface area contributed by atoms with Crippen molar-refractivity contribution in [1.29, 1.82) is 0 Å². The molecule has 3 rings (SSSR count). The molecule has 2 aromatic rings. The summed E-state index contributed by atoms with van der Waals surface area (Å²) in [5.41, 5.74) is 0.901. The summed E-state index contributed by atoms with van der Waals surface area (Å²) in [6.45, 7) is 3.01. The first-order chi connectivity index (χ1) is 13.9. The van der Waals surface area contributed by atoms with E-state index in [9.17, 15) is 18.8 Å². The average Bonchev–Trinajstić information content (AvgIpc) is 2.72. The van der Waals surface area contributed by atoms with E-state index >= 15 is 0 Å². The summed E-state index contributed by atoms with van der Waals surface area (Å²) in [5.74, 6) is -0.539. The van der Waals surface area contributed by atoms with Crippen molar-refractivity contribution in [3.05, 3.63) is 65.5 Å². The van der Waals surface area contributed by atoms with Gasteiger partial charge in [-0.15, -0.1) is 0 Å². The van der Waals surface area contributed by atoms with Crippen LogP contribution >= 0.6 is 0 Å². The lowest BCUT2D eigenvalue weighted by Crippen LogP contribution is -2.41. The molecule has 1 aliphatic rings. The van der Waals surface area contributed by atoms with E-state index in [0.29, 0.717) is 36.5 Å². The number of carbonyl (C=O) groups excluding carboxylic acids is 3. The lowest BCUT2D eigenvalue weighted by Gasteiger charge is -2.32. The fourth-order valence-electron chi connectivity index (χ4n) is 3.32. The molecule has 1 saturated heterocycles. The first-order valence-corrected chi connectivity index (χ1v) is 9.54. The number of rotatable bonds is 5. The lowest BCUT2D eigenvalue weighted by atomic mass is 9.96. The third kappa shape index (κ3) is 5.63. The van der Waals surface area contributed by atoms with Crippen molar-refractivity contribution < 1.29 is 23.5 Å². The first kappa shape index (κ1) is 20.5. The van der Waals surface area contributed by atoms with Crippen LogP contribution in [0.5, 0.6) is 5.75 Å². The molecule has 0 bridgehead atoms. The van der Waals surface area contributed by atoms with Crippen LogP contribution in [0.1, 0.15) is 40.5 Å². The van der Waals surface area contributed by atoms with Gasteiger partial charge in [-0.25, -0.2) is 4.39 Å². The first-order valence-electron chi connectivity index (χ1n) is 9.54. The molecule has 2 amide bonds. The molecule has 0 saturated carbocycles. The van der Waals surface area contributed by atoms with E-state index in [0.717, 1.165) is 12.8 Å². The highest BCUT2D eigenvalue weighted by atomic mass is 19.1. The van der Waals surface area contributed by atoms with Crippen LogP contribution in [0.15, 0.2) is 48.5 Å². The zero-order valence-electron chi connectivity index (χ0n) is 16.2. The Kier molecular flexibility index (Phi) is 6.59. The summed E-state index contributed by atoms with van der Waals surface area (Å²) in [6, 6.07) is 12.0. The van der Waals surface area contributed by atoms with Crippen molar-refractivity contribution in [3.8, 4) is 5.75 Å². The van der Waals surface area contributed by atoms with Crippen molar-refractivity contribution in [2.24, 2.45) is 5.92 Å². The number of likely N-dealkylation sites (tertiary alicyclic amines) is 1. The molecule has 6 nitrogen and oxygen atoms in total. The quantitative estimate of drug-likeness (QED) is 0.621. The zero-order valence-corrected chi connectivity index (χ0v) is 16.2. The Morgan fingerprint density at radius 1 is 1.07 bits per heavy atom. The van der Waals surface area contributed by atoms with E-state index in [-0.39, 0.29) is 23.5 Å². The van der Waals surface area contributed by atoms with E-state index in [4.69, 9.17) is 4.74 Å². The highest BCUT2D eigenvalue weighted by Crippen LogP contribution is 2.19. The van der Waals surface area contributed by atoms with Gasteiger partial charge in [0.15, 0.2) is 0 Å². The summed E-state index contributed by atoms with van der Waals surface area (Å²) in [7, 11) is 0. The Balaban J connectivity index is 1.47. The molecule has 1 aliphatic heterocycles. The maximum atomic E-state index is 13.0. The molecule has 2 aromatic carbocycles. The fraction of sp³-hybridized carbons (Fsp3) is 0.318. The number of benzene rings is 2. The summed E-state index contributed by atoms with van der Waals surface area (Å²) in [6.07, 6.45) is 1.56. The van der Waals surface area contributed by atoms with Crippen LogP contribution in [0.25, 0.3) is 0 Å². The van der Waals surface area contributed by atoms with Crippen molar-refractivity contribution in [3.63, 3.8) is 0 Å². The Morgan fingerprint density at radius 2 is 1.76 bits per heavy atom. The van der Waals surface area contributed by atoms with Crippen LogP contribution in [-0.4, -0.2) is 42.3 Å². The molecule has 0 unspecified atom stereocenters. The molecule has 1 heterocycles. The second-order valence-electron chi connectivity index (χ2n) is 7.07. The number of amides is 2. The Morgan fingerprint density at radius 3 is 2.41 bits per heavy atom. The topological polar surface area (TPSA) is 75.7 Å². The van der Waals surface area contributed by atoms with Crippen molar-refractivity contribution in [2.75, 3.05) is 19.6 Å². The normalized spacial score (nSPS) is 14.3. The van der Waals surface area contributed by atoms with Gasteiger partial charge in [0.25, 0.3) is 11.8 Å². The zero-order chi connectivity index (χ0) is 20.8. The molecular formula is C22H23FN2O4. The van der Waals surface area contributed by atoms with Gasteiger partial charge >= 0.3 is 5.97 Å². The maximum Gasteiger partial charge on any atom is 0.308 e. The number of hydrogen-bond acceptors (Lipinski definition) is 4. The number of nitrogens with one attached hydrogen (secondary N) is 1. The van der Waals surface area contributed by atoms with Crippen molar-refractivity contribution in [2.45, 2.75) is 19.8 Å². The van der Waals surface area contributed by atoms with Gasteiger partial charge in [-0.3, -0.25) is 14.4 Å². The summed E-state index contributed by atoms with van der Waals surface area (Å²) >= 11 is 0. The van der Waals surface area contributed by atoms with E-state index in [1.165, 1.54) is 37.3 Å². The summed E-state index contributed by atoms with van der Waals surface area (Å²) < 4.78 is 18.0. The minimum Gasteiger partial charge on any atom is -0.427 e. The largest absolute Gasteiger partial charge is 0.427 e. The predicted octanol–water partition coefficient (Wildman–Crippen LogP) is 3.03. The van der Waals surface area contributed by atoms with Gasteiger partial charge in [-0.05, 0) is 61.2 Å². The molecule has 0 spiro atoms. The van der Waals surface area contributed by atoms with E-state index in [1.54, 1.807) is 23.1 Å². The van der Waals surface area contributed by atoms with Crippen LogP contribution in [-0.2, 0) is 4.79 Å². The van der Waals surface area contributed by atoms with Crippen molar-refractivity contribution >= 4 is 17.8 Å². The smallest absolute Gasteiger partial charge is 0.308 e. The number of nitrogens with zero attached hydrogens (tertiary/aromatic N) is 1. The molecule has 7 heteroatoms. The number of hydrogen-bond donors (Lipinski definition) is 1. The van der Waals surface area contributed by atoms with Gasteiger partial charge in [0.05, 0.1) is 0 Å². The van der Waals surface area contributed by atoms with Gasteiger partial charge in [0.2, 0.25) is 0 Å². The monoisotopic (exact) mass is 398 g/mol. The number of esters is 1. The SMILES string of the molecule is CC(=O)Oc1cccc(C(=O)NCC2CCN(C(=O)c3ccc(F)cc3)CC2)c1. The minimum absolute atomic E-state index is 0.102. The van der Waals surface area contributed by atoms with Crippen molar-refractivity contribution in [1.82, 2.24) is 10.2 Å². The van der Waals surface area contributed by atoms with Crippen LogP contribution in [0.2, 0.25) is 0 Å². The molecule has 0 atom stereocenters. The van der Waals surface area contributed by atoms with E-state index in [1.807, 2.05) is 0 Å². The van der Waals surface area contributed by atoms with Crippen LogP contribution in [0.4, 0.5) is 4.39 Å². The van der Waals surface area contributed by atoms with Gasteiger partial charge in [-0.2, -0.15) is 0 Å². The van der Waals surface area contributed by atoms with Crippen LogP contribution in [0.3, 0.4) is 0 Å². The van der Waals surface area contributed by atoms with Gasteiger partial charge in [0, 0.05) is 37.7 Å². The molecule has 29 heavy (non-hydrogen) atoms. The predicted molar refractivity (Wildman–Crippen MR) is 105 cm³/mol. The Hall–Kier alpha value is -3.22. The van der Waals surface area contributed by atoms with E-state index in [2.05, 4.69) is 5.32 Å². The number of carbonyl (C=O) groups is 3. The molecule has 152 valence electrons. The third-order valence-corrected chi connectivity index (χ3v) is 4.90. The van der Waals surface area contributed by atoms with Gasteiger partial charge < -0.3 is 15.0 Å². The summed E-state index contributed by atoms with van der Waals surface area (Å²) in [4.78, 5) is 37.6. The number of ether oxygens (including phenoxy) is 1. The second kappa shape index (κ2) is 9.32. The van der Waals surface area contributed by atoms with E-state index < -0.39 is 5.97 Å². The highest BCUT2D eigenvalue weighted by Gasteiger charge is 2.24. The van der Waals surface area contributed by atoms with Crippen LogP contribution in [0, 0.1) is 11.7 Å². The molecule has 0 radical (unpaired) electrons. The van der Waals surface area contributed by atoms with Gasteiger partial charge in [-0.1, -0.05) is 6.07 Å². The Labute approximate surface area is 168 Å². The molecule has 1 N–H and O–H groups in total.